The molecule has 2 aromatic carbocycles. The number of aliphatic hydroxyl groups is 3. The van der Waals surface area contributed by atoms with Gasteiger partial charge < -0.3 is 104 Å². The Kier molecular flexibility index (Phi) is 42.4. The van der Waals surface area contributed by atoms with Gasteiger partial charge in [0.2, 0.25) is 65.0 Å². The summed E-state index contributed by atoms with van der Waals surface area (Å²) in [6.45, 7) is 2.90. The van der Waals surface area contributed by atoms with Gasteiger partial charge in [0.15, 0.2) is 5.96 Å². The summed E-state index contributed by atoms with van der Waals surface area (Å²) in [5.41, 5.74) is 13.8. The Morgan fingerprint density at radius 1 is 0.673 bits per heavy atom. The van der Waals surface area contributed by atoms with Crippen molar-refractivity contribution in [1.29, 1.82) is 5.41 Å². The summed E-state index contributed by atoms with van der Waals surface area (Å²) >= 11 is 0. The van der Waals surface area contributed by atoms with E-state index in [0.717, 1.165) is 35.1 Å². The number of amides is 11. The maximum Gasteiger partial charge on any atom is 0.246 e. The molecule has 2 saturated heterocycles. The van der Waals surface area contributed by atoms with E-state index in [0.29, 0.717) is 42.6 Å². The molecule has 21 N–H and O–H groups in total. The third-order valence-corrected chi connectivity index (χ3v) is 20.0. The third-order valence-electron chi connectivity index (χ3n) is 20.0. The van der Waals surface area contributed by atoms with Crippen LogP contribution in [0.2, 0.25) is 0 Å². The second-order valence-electron chi connectivity index (χ2n) is 29.2. The molecule has 2 aliphatic heterocycles. The molecule has 11 amide bonds. The first-order valence-electron chi connectivity index (χ1n) is 40.3. The first-order chi connectivity index (χ1) is 54.6. The Labute approximate surface area is 661 Å². The maximum absolute atomic E-state index is 15.2. The topological polar surface area (TPSA) is 523 Å². The van der Waals surface area contributed by atoms with Gasteiger partial charge in [0.05, 0.1) is 56.6 Å². The van der Waals surface area contributed by atoms with Crippen molar-refractivity contribution in [2.45, 2.75) is 260 Å². The van der Waals surface area contributed by atoms with Gasteiger partial charge in [0.25, 0.3) is 0 Å². The molecule has 34 heteroatoms. The van der Waals surface area contributed by atoms with Gasteiger partial charge in [-0.15, -0.1) is 0 Å². The molecular formula is C79H124N18O16. The van der Waals surface area contributed by atoms with Gasteiger partial charge in [0, 0.05) is 81.6 Å². The third kappa shape index (κ3) is 34.3. The lowest BCUT2D eigenvalue weighted by Crippen LogP contribution is -2.62. The molecule has 0 radical (unpaired) electrons. The highest BCUT2D eigenvalue weighted by Crippen LogP contribution is 2.24. The van der Waals surface area contributed by atoms with Crippen LogP contribution in [0.1, 0.15) is 191 Å². The van der Waals surface area contributed by atoms with Crippen LogP contribution < -0.4 is 70.0 Å². The number of rotatable bonds is 44. The molecule has 2 aliphatic rings. The second kappa shape index (κ2) is 51.9. The van der Waals surface area contributed by atoms with Crippen LogP contribution >= 0.6 is 0 Å². The molecule has 4 heterocycles. The summed E-state index contributed by atoms with van der Waals surface area (Å²) in [5, 5.41) is 72.8. The number of nitrogens with two attached hydrogens (primary N) is 2. The largest absolute Gasteiger partial charge is 0.394 e. The summed E-state index contributed by atoms with van der Waals surface area (Å²) in [5.74, 6) is -8.78. The summed E-state index contributed by atoms with van der Waals surface area (Å²) < 4.78 is 11.1. The molecule has 0 aliphatic carbocycles. The van der Waals surface area contributed by atoms with Crippen molar-refractivity contribution in [1.82, 2.24) is 78.3 Å². The predicted octanol–water partition coefficient (Wildman–Crippen LogP) is 1.19. The average Bonchev–Trinajstić information content (AvgIpc) is 1.69. The molecule has 34 nitrogen and oxygen atoms in total. The zero-order valence-electron chi connectivity index (χ0n) is 65.6. The zero-order chi connectivity index (χ0) is 81.7. The van der Waals surface area contributed by atoms with Crippen LogP contribution in [-0.4, -0.2) is 232 Å². The van der Waals surface area contributed by atoms with E-state index < -0.39 is 158 Å². The van der Waals surface area contributed by atoms with Crippen molar-refractivity contribution < 1.29 is 77.5 Å². The molecule has 0 saturated carbocycles. The number of para-hydroxylation sites is 1. The minimum absolute atomic E-state index is 0.00194. The molecule has 11 atom stereocenters. The summed E-state index contributed by atoms with van der Waals surface area (Å²) in [6, 6.07) is 3.14. The number of aliphatic hydroxyl groups excluding tert-OH is 3. The fourth-order valence-corrected chi connectivity index (χ4v) is 13.7. The zero-order valence-corrected chi connectivity index (χ0v) is 65.6. The van der Waals surface area contributed by atoms with Gasteiger partial charge >= 0.3 is 0 Å². The first-order valence-corrected chi connectivity index (χ1v) is 40.3. The number of guanidine groups is 1. The van der Waals surface area contributed by atoms with Crippen LogP contribution in [0.4, 0.5) is 0 Å². The molecule has 113 heavy (non-hydrogen) atoms. The van der Waals surface area contributed by atoms with E-state index in [4.69, 9.17) is 26.4 Å². The van der Waals surface area contributed by atoms with E-state index in [9.17, 15) is 63.3 Å². The molecule has 4 aromatic rings. The first kappa shape index (κ1) is 92.3. The standard InChI is InChI=1S/C79H124N18O16/c1-3-5-7-8-9-10-11-12-13-14-15-16-20-33-67(100)85-38-39-112-40-41-113-50-69(102)89-64(44-54-47-83-51-88-54)75(108)96-65(49-98)76(109)92-59(29-6-4-2)71(104)93-61-34-35-68(101)84-36-24-23-31-58(70(80)103)90-74(107)63(43-53-46-87-57-30-22-21-28-56(53)57)94-72(105)60(32-25-37-86-79(81)82)91-73(106)62(42-52-26-18-17-19-27-52)95-77(110)66-45-55(99)48-97(66)78(61)111/h17-19,21-22,26-28,30,46-47,51,55,58-66,73,87,91,98-99,106H,3-16,20,23-25,29,31-45,48-50H2,1-2H3,(H2,80,103)(H,83,88)(H,84,101)(H,85,100)(H,89,102)(H,90,107)(H,92,109)(H,93,104)(H,94,105)(H,95,110)(H,96,108)(H4,81,82,86)/t55-,58+,59+,60+,61+,62-,63+,64+,65+,66+,73+/m1/s1. The number of hydrogen-bond acceptors (Lipinski definition) is 19. The van der Waals surface area contributed by atoms with Crippen LogP contribution in [0.25, 0.3) is 10.9 Å². The van der Waals surface area contributed by atoms with Crippen molar-refractivity contribution in [2.75, 3.05) is 59.2 Å². The average molecular weight is 1580 g/mol. The van der Waals surface area contributed by atoms with Gasteiger partial charge in [-0.25, -0.2) is 4.98 Å². The summed E-state index contributed by atoms with van der Waals surface area (Å²) in [6.07, 6.45) is 17.7. The van der Waals surface area contributed by atoms with E-state index in [1.165, 1.54) is 76.7 Å². The van der Waals surface area contributed by atoms with Crippen molar-refractivity contribution in [3.8, 4) is 0 Å². The molecular weight excluding hydrogens is 1460 g/mol. The molecule has 2 fully saturated rings. The van der Waals surface area contributed by atoms with E-state index in [1.54, 1.807) is 36.5 Å². The quantitative estimate of drug-likeness (QED) is 0.0168. The highest BCUT2D eigenvalue weighted by atomic mass is 16.5. The van der Waals surface area contributed by atoms with Gasteiger partial charge in [-0.2, -0.15) is 0 Å². The number of nitrogens with one attached hydrogen (secondary N) is 14. The smallest absolute Gasteiger partial charge is 0.246 e. The van der Waals surface area contributed by atoms with Gasteiger partial charge in [-0.1, -0.05) is 152 Å². The number of unbranched alkanes of at least 4 members (excludes halogenated alkanes) is 13. The van der Waals surface area contributed by atoms with E-state index >= 15 is 4.79 Å². The number of H-pyrrole nitrogens is 2. The molecule has 6 rings (SSSR count). The predicted molar refractivity (Wildman–Crippen MR) is 423 cm³/mol. The molecule has 0 unspecified atom stereocenters. The van der Waals surface area contributed by atoms with Crippen LogP contribution in [0, 0.1) is 5.41 Å². The van der Waals surface area contributed by atoms with Crippen LogP contribution in [0.3, 0.4) is 0 Å². The van der Waals surface area contributed by atoms with E-state index in [-0.39, 0.29) is 109 Å². The lowest BCUT2D eigenvalue weighted by molar-refractivity contribution is -0.143. The SMILES string of the molecule is CCCCCCCCCCCCCCCC(=O)NCCOCCOCC(=O)N[C@@H](Cc1c[nH]cn1)C(=O)N[C@@H](CO)C(=O)N[C@@H](CCCC)C(=O)N[C@H]1CCC(=O)NCCCC[C@@H](C(N)=O)NC(=O)[C@H](Cc2c[nH]c3ccccc23)NC(=O)[C@H](CCCNC(=N)N)N[C@@H](O)[C@@H](Cc2ccccc2)NC(=O)[C@@H]2C[C@@H](O)CN2C1=O. The molecule has 0 spiro atoms. The number of imidazole rings is 1. The monoisotopic (exact) mass is 1580 g/mol. The molecule has 626 valence electrons. The minimum Gasteiger partial charge on any atom is -0.394 e. The van der Waals surface area contributed by atoms with Gasteiger partial charge in [-0.05, 0) is 75.0 Å². The highest BCUT2D eigenvalue weighted by molar-refractivity contribution is 5.98. The Morgan fingerprint density at radius 3 is 2.04 bits per heavy atom. The summed E-state index contributed by atoms with van der Waals surface area (Å²) in [7, 11) is 0. The second-order valence-corrected chi connectivity index (χ2v) is 29.2. The minimum atomic E-state index is -1.77. The van der Waals surface area contributed by atoms with Crippen LogP contribution in [0.15, 0.2) is 73.3 Å². The van der Waals surface area contributed by atoms with Crippen LogP contribution in [0.5, 0.6) is 0 Å². The Hall–Kier alpha value is -9.61. The number of nitrogens with zero attached hydrogens (tertiary/aromatic N) is 2. The van der Waals surface area contributed by atoms with Gasteiger partial charge in [-0.3, -0.25) is 63.5 Å². The van der Waals surface area contributed by atoms with Gasteiger partial charge in [0.1, 0.15) is 55.1 Å². The van der Waals surface area contributed by atoms with E-state index in [1.807, 2.05) is 31.2 Å². The van der Waals surface area contributed by atoms with Crippen molar-refractivity contribution in [3.63, 3.8) is 0 Å². The Morgan fingerprint density at radius 2 is 1.35 bits per heavy atom. The van der Waals surface area contributed by atoms with Crippen molar-refractivity contribution in [2.24, 2.45) is 11.5 Å². The number of fused-ring (bicyclic) bond motifs is 2. The lowest BCUT2D eigenvalue weighted by atomic mass is 10.0. The Bertz CT molecular complexity index is 3590. The van der Waals surface area contributed by atoms with Crippen molar-refractivity contribution >= 4 is 81.8 Å². The fourth-order valence-electron chi connectivity index (χ4n) is 13.7. The maximum atomic E-state index is 15.2. The number of benzene rings is 2. The number of carbonyl (C=O) groups excluding carboxylic acids is 11. The van der Waals surface area contributed by atoms with Crippen LogP contribution in [-0.2, 0) is 81.5 Å². The van der Waals surface area contributed by atoms with E-state index in [2.05, 4.69) is 80.4 Å². The lowest BCUT2D eigenvalue weighted by Gasteiger charge is -2.33. The van der Waals surface area contributed by atoms with Crippen molar-refractivity contribution in [3.05, 3.63) is 90.1 Å². The number of primary amides is 1. The number of ether oxygens (including phenoxy) is 2. The number of hydrogen-bond donors (Lipinski definition) is 19. The highest BCUT2D eigenvalue weighted by Gasteiger charge is 2.44. The Balaban J connectivity index is 1.12. The summed E-state index contributed by atoms with van der Waals surface area (Å²) in [4.78, 5) is 166. The molecule has 2 aromatic heterocycles. The number of aromatic amines is 2. The number of carbonyl (C=O) groups is 11. The normalized spacial score (nSPS) is 20.5. The fraction of sp³-hybridized carbons (Fsp3) is 0.633. The number of aromatic nitrogens is 3. The molecule has 0 bridgehead atoms.